The van der Waals surface area contributed by atoms with Gasteiger partial charge < -0.3 is 15.2 Å². The largest absolute Gasteiger partial charge is 0.506 e. The highest BCUT2D eigenvalue weighted by molar-refractivity contribution is 5.95. The molecule has 3 aromatic heterocycles. The number of hydrogen-bond acceptors (Lipinski definition) is 5. The lowest BCUT2D eigenvalue weighted by Gasteiger charge is -2.21. The van der Waals surface area contributed by atoms with Gasteiger partial charge in [0.2, 0.25) is 0 Å². The van der Waals surface area contributed by atoms with E-state index in [4.69, 9.17) is 0 Å². The summed E-state index contributed by atoms with van der Waals surface area (Å²) in [6.07, 6.45) is 9.00. The van der Waals surface area contributed by atoms with E-state index in [-0.39, 0.29) is 17.4 Å². The van der Waals surface area contributed by atoms with Crippen LogP contribution in [0.1, 0.15) is 38.1 Å². The Balaban J connectivity index is 1.82. The number of fused-ring (bicyclic) bond motifs is 1. The molecule has 4 rings (SSSR count). The summed E-state index contributed by atoms with van der Waals surface area (Å²) < 4.78 is 1.55. The van der Waals surface area contributed by atoms with Crippen molar-refractivity contribution in [3.8, 4) is 23.1 Å². The highest BCUT2D eigenvalue weighted by Gasteiger charge is 2.29. The molecule has 128 valence electrons. The number of nitriles is 1. The fourth-order valence-electron chi connectivity index (χ4n) is 3.86. The average molecular weight is 338 g/mol. The van der Waals surface area contributed by atoms with E-state index in [2.05, 4.69) is 26.1 Å². The van der Waals surface area contributed by atoms with Crippen molar-refractivity contribution in [2.75, 3.05) is 0 Å². The third kappa shape index (κ3) is 2.48. The van der Waals surface area contributed by atoms with Crippen molar-refractivity contribution in [2.45, 2.75) is 38.1 Å². The molecule has 1 fully saturated rings. The third-order valence-corrected chi connectivity index (χ3v) is 5.08. The van der Waals surface area contributed by atoms with Gasteiger partial charge in [-0.2, -0.15) is 5.26 Å². The molecule has 0 aliphatic heterocycles. The van der Waals surface area contributed by atoms with Crippen molar-refractivity contribution < 1.29 is 5.11 Å². The van der Waals surface area contributed by atoms with Crippen molar-refractivity contribution in [1.29, 1.82) is 5.26 Å². The second kappa shape index (κ2) is 6.09. The molecule has 8 heteroatoms. The Morgan fingerprint density at radius 3 is 2.92 bits per heavy atom. The first kappa shape index (κ1) is 15.4. The van der Waals surface area contributed by atoms with Gasteiger partial charge in [0.05, 0.1) is 35.2 Å². The van der Waals surface area contributed by atoms with Crippen molar-refractivity contribution >= 4 is 11.0 Å². The first-order chi connectivity index (χ1) is 12.2. The number of nitrogens with one attached hydrogen (secondary N) is 2. The van der Waals surface area contributed by atoms with E-state index in [1.807, 2.05) is 0 Å². The molecule has 1 unspecified atom stereocenters. The smallest absolute Gasteiger partial charge is 0.276 e. The van der Waals surface area contributed by atoms with Crippen LogP contribution in [0.2, 0.25) is 0 Å². The minimum absolute atomic E-state index is 0.00196. The highest BCUT2D eigenvalue weighted by atomic mass is 16.3. The Labute approximate surface area is 143 Å². The van der Waals surface area contributed by atoms with Crippen molar-refractivity contribution in [3.05, 3.63) is 29.1 Å². The lowest BCUT2D eigenvalue weighted by Crippen LogP contribution is -2.27. The number of aromatic amines is 2. The Kier molecular flexibility index (Phi) is 3.76. The van der Waals surface area contributed by atoms with E-state index in [9.17, 15) is 15.2 Å². The lowest BCUT2D eigenvalue weighted by molar-refractivity contribution is 0.308. The maximum absolute atomic E-state index is 13.0. The van der Waals surface area contributed by atoms with Crippen LogP contribution >= 0.6 is 0 Å². The molecule has 25 heavy (non-hydrogen) atoms. The van der Waals surface area contributed by atoms with Gasteiger partial charge >= 0.3 is 0 Å². The fourth-order valence-corrected chi connectivity index (χ4v) is 3.86. The molecule has 1 saturated carbocycles. The predicted octanol–water partition coefficient (Wildman–Crippen LogP) is 2.47. The molecule has 0 saturated heterocycles. The minimum Gasteiger partial charge on any atom is -0.506 e. The monoisotopic (exact) mass is 338 g/mol. The number of rotatable bonds is 4. The van der Waals surface area contributed by atoms with E-state index in [1.54, 1.807) is 10.9 Å². The molecule has 8 nitrogen and oxygen atoms in total. The molecule has 0 amide bonds. The summed E-state index contributed by atoms with van der Waals surface area (Å²) in [4.78, 5) is 24.1. The zero-order chi connectivity index (χ0) is 17.4. The first-order valence-corrected chi connectivity index (χ1v) is 8.39. The molecule has 1 atom stereocenters. The standard InChI is InChI=1S/C17H18N6O2/c18-6-5-12(10-3-1-2-4-10)23-17(25)11(7-22-23)15-14-13(24)8-19-16(14)21-9-20-15/h7-10,12,22,24H,1-5H2,(H,19,20,21). The number of aromatic nitrogens is 5. The van der Waals surface area contributed by atoms with Crippen molar-refractivity contribution in [1.82, 2.24) is 24.7 Å². The average Bonchev–Trinajstić information content (AvgIpc) is 3.34. The Morgan fingerprint density at radius 1 is 1.36 bits per heavy atom. The Hall–Kier alpha value is -3.08. The van der Waals surface area contributed by atoms with Crippen molar-refractivity contribution in [2.24, 2.45) is 5.92 Å². The summed E-state index contributed by atoms with van der Waals surface area (Å²) in [5.74, 6) is 0.331. The summed E-state index contributed by atoms with van der Waals surface area (Å²) in [5.41, 5.74) is 0.987. The second-order valence-corrected chi connectivity index (χ2v) is 6.46. The predicted molar refractivity (Wildman–Crippen MR) is 90.8 cm³/mol. The lowest BCUT2D eigenvalue weighted by atomic mass is 9.96. The minimum atomic E-state index is -0.229. The Bertz CT molecular complexity index is 1000. The summed E-state index contributed by atoms with van der Waals surface area (Å²) in [6, 6.07) is 2.04. The number of nitrogens with zero attached hydrogens (tertiary/aromatic N) is 4. The SMILES string of the molecule is N#CCC(C1CCCC1)n1[nH]cc(-c2ncnc3[nH]cc(O)c23)c1=O. The summed E-state index contributed by atoms with van der Waals surface area (Å²) in [7, 11) is 0. The third-order valence-electron chi connectivity index (χ3n) is 5.08. The van der Waals surface area contributed by atoms with Crippen LogP contribution in [-0.4, -0.2) is 29.8 Å². The van der Waals surface area contributed by atoms with Gasteiger partial charge in [0.15, 0.2) is 0 Å². The number of H-pyrrole nitrogens is 2. The zero-order valence-electron chi connectivity index (χ0n) is 13.6. The van der Waals surface area contributed by atoms with Gasteiger partial charge in [0, 0.05) is 12.4 Å². The second-order valence-electron chi connectivity index (χ2n) is 6.46. The van der Waals surface area contributed by atoms with Gasteiger partial charge in [-0.15, -0.1) is 0 Å². The normalized spacial score (nSPS) is 16.3. The molecule has 1 aliphatic rings. The maximum Gasteiger partial charge on any atom is 0.276 e. The molecule has 0 radical (unpaired) electrons. The molecule has 0 spiro atoms. The van der Waals surface area contributed by atoms with Gasteiger partial charge in [-0.1, -0.05) is 12.8 Å². The number of aromatic hydroxyl groups is 1. The van der Waals surface area contributed by atoms with Gasteiger partial charge in [-0.3, -0.25) is 4.79 Å². The fraction of sp³-hybridized carbons (Fsp3) is 0.412. The van der Waals surface area contributed by atoms with E-state index in [1.165, 1.54) is 12.5 Å². The van der Waals surface area contributed by atoms with Crippen LogP contribution in [0.3, 0.4) is 0 Å². The molecular weight excluding hydrogens is 320 g/mol. The van der Waals surface area contributed by atoms with Crippen LogP contribution in [0.4, 0.5) is 0 Å². The molecule has 3 heterocycles. The molecule has 3 N–H and O–H groups in total. The maximum atomic E-state index is 13.0. The van der Waals surface area contributed by atoms with Crippen LogP contribution in [0.15, 0.2) is 23.5 Å². The summed E-state index contributed by atoms with van der Waals surface area (Å²) in [6.45, 7) is 0. The van der Waals surface area contributed by atoms with Gasteiger partial charge in [-0.05, 0) is 18.8 Å². The van der Waals surface area contributed by atoms with E-state index >= 15 is 0 Å². The first-order valence-electron chi connectivity index (χ1n) is 8.39. The molecule has 0 aromatic carbocycles. The summed E-state index contributed by atoms with van der Waals surface area (Å²) in [5, 5.41) is 22.7. The van der Waals surface area contributed by atoms with Crippen LogP contribution in [0, 0.1) is 17.2 Å². The van der Waals surface area contributed by atoms with Gasteiger partial charge in [0.1, 0.15) is 17.7 Å². The molecular formula is C17H18N6O2. The van der Waals surface area contributed by atoms with E-state index < -0.39 is 0 Å². The van der Waals surface area contributed by atoms with E-state index in [0.717, 1.165) is 25.7 Å². The molecule has 3 aromatic rings. The number of hydrogen-bond donors (Lipinski definition) is 3. The molecule has 1 aliphatic carbocycles. The van der Waals surface area contributed by atoms with Crippen molar-refractivity contribution in [3.63, 3.8) is 0 Å². The van der Waals surface area contributed by atoms with Crippen LogP contribution in [-0.2, 0) is 0 Å². The zero-order valence-corrected chi connectivity index (χ0v) is 13.6. The topological polar surface area (TPSA) is 123 Å². The van der Waals surface area contributed by atoms with Crippen LogP contribution < -0.4 is 5.56 Å². The van der Waals surface area contributed by atoms with E-state index in [0.29, 0.717) is 34.6 Å². The molecule has 0 bridgehead atoms. The van der Waals surface area contributed by atoms with Crippen LogP contribution in [0.25, 0.3) is 22.3 Å². The highest BCUT2D eigenvalue weighted by Crippen LogP contribution is 2.36. The summed E-state index contributed by atoms with van der Waals surface area (Å²) >= 11 is 0. The van der Waals surface area contributed by atoms with Crippen LogP contribution in [0.5, 0.6) is 5.75 Å². The van der Waals surface area contributed by atoms with Gasteiger partial charge in [-0.25, -0.2) is 14.6 Å². The van der Waals surface area contributed by atoms with Gasteiger partial charge in [0.25, 0.3) is 5.56 Å². The Morgan fingerprint density at radius 2 is 2.16 bits per heavy atom. The quantitative estimate of drug-likeness (QED) is 0.674.